The average Bonchev–Trinajstić information content (AvgIpc) is 2.07. The molecule has 0 amide bonds. The zero-order valence-corrected chi connectivity index (χ0v) is 13.3. The molecule has 0 saturated heterocycles. The molecule has 0 fully saturated rings. The Morgan fingerprint density at radius 3 is 2.00 bits per heavy atom. The van der Waals surface area contributed by atoms with Crippen LogP contribution < -0.4 is 0 Å². The summed E-state index contributed by atoms with van der Waals surface area (Å²) in [5.74, 6) is 1.70. The molecule has 12 heavy (non-hydrogen) atoms. The fourth-order valence-electron chi connectivity index (χ4n) is 1.02. The van der Waals surface area contributed by atoms with Crippen LogP contribution in [-0.4, -0.2) is 0 Å². The van der Waals surface area contributed by atoms with Gasteiger partial charge in [0.2, 0.25) is 0 Å². The van der Waals surface area contributed by atoms with E-state index in [0.29, 0.717) is 0 Å². The molecule has 0 aliphatic carbocycles. The van der Waals surface area contributed by atoms with Gasteiger partial charge in [-0.15, -0.1) is 0 Å². The van der Waals surface area contributed by atoms with Gasteiger partial charge in [-0.1, -0.05) is 46.0 Å². The number of hydrogen-bond donors (Lipinski definition) is 0. The van der Waals surface area contributed by atoms with E-state index >= 15 is 0 Å². The van der Waals surface area contributed by atoms with Gasteiger partial charge in [-0.05, 0) is 5.92 Å². The van der Waals surface area contributed by atoms with Gasteiger partial charge >= 0.3 is 30.0 Å². The molecule has 0 rings (SSSR count). The van der Waals surface area contributed by atoms with Gasteiger partial charge in [0, 0.05) is 0 Å². The molecule has 0 heterocycles. The summed E-state index contributed by atoms with van der Waals surface area (Å²) >= 11 is 4.25. The molecule has 0 N–H and O–H groups in total. The van der Waals surface area contributed by atoms with Gasteiger partial charge < -0.3 is 6.92 Å². The zero-order valence-electron chi connectivity index (χ0n) is 8.78. The Labute approximate surface area is 94.9 Å². The minimum atomic E-state index is 0.832. The Morgan fingerprint density at radius 2 is 1.67 bits per heavy atom. The molecule has 0 aromatic heterocycles. The SMILES string of the molecule is [CH2-]CC(C)CCCC(C)C.[Zn+][Br]. The molecule has 0 aromatic carbocycles. The van der Waals surface area contributed by atoms with Crippen LogP contribution >= 0.6 is 13.6 Å². The van der Waals surface area contributed by atoms with Gasteiger partial charge in [0.15, 0.2) is 0 Å². The van der Waals surface area contributed by atoms with Crippen molar-refractivity contribution in [1.82, 2.24) is 0 Å². The van der Waals surface area contributed by atoms with Crippen LogP contribution in [0.3, 0.4) is 0 Å². The molecule has 1 unspecified atom stereocenters. The predicted octanol–water partition coefficient (Wildman–Crippen LogP) is 4.52. The first-order valence-electron chi connectivity index (χ1n) is 4.72. The summed E-state index contributed by atoms with van der Waals surface area (Å²) in [6.45, 7) is 10.7. The van der Waals surface area contributed by atoms with E-state index in [1.807, 2.05) is 0 Å². The van der Waals surface area contributed by atoms with Crippen LogP contribution in [0.25, 0.3) is 0 Å². The van der Waals surface area contributed by atoms with Crippen molar-refractivity contribution >= 4 is 13.6 Å². The molecule has 0 radical (unpaired) electrons. The van der Waals surface area contributed by atoms with Crippen LogP contribution in [0.5, 0.6) is 0 Å². The fourth-order valence-corrected chi connectivity index (χ4v) is 1.02. The first-order chi connectivity index (χ1) is 5.66. The molecule has 1 atom stereocenters. The van der Waals surface area contributed by atoms with E-state index in [2.05, 4.69) is 41.3 Å². The molecule has 2 heteroatoms. The first kappa shape index (κ1) is 15.6. The Hall–Kier alpha value is 1.10. The van der Waals surface area contributed by atoms with E-state index in [9.17, 15) is 0 Å². The van der Waals surface area contributed by atoms with Crippen LogP contribution in [0.2, 0.25) is 0 Å². The average molecular weight is 287 g/mol. The third kappa shape index (κ3) is 13.7. The summed E-state index contributed by atoms with van der Waals surface area (Å²) in [6.07, 6.45) is 5.22. The van der Waals surface area contributed by atoms with Gasteiger partial charge in [0.05, 0.1) is 0 Å². The van der Waals surface area contributed by atoms with Crippen LogP contribution in [-0.2, 0) is 16.3 Å². The topological polar surface area (TPSA) is 0 Å². The van der Waals surface area contributed by atoms with Crippen molar-refractivity contribution in [2.24, 2.45) is 11.8 Å². The Bertz CT molecular complexity index is 74.2. The van der Waals surface area contributed by atoms with Gasteiger partial charge in [-0.25, -0.2) is 0 Å². The Kier molecular flexibility index (Phi) is 15.7. The van der Waals surface area contributed by atoms with Gasteiger partial charge in [0.1, 0.15) is 0 Å². The second-order valence-corrected chi connectivity index (χ2v) is 3.72. The second-order valence-electron chi connectivity index (χ2n) is 3.72. The standard InChI is InChI=1S/C10H21.BrH.Zn/c1-5-10(4)8-6-7-9(2)3;;/h9-10H,1,5-8H2,2-4H3;1H;/q-1;;+2/p-1. The molecule has 0 spiro atoms. The minimum absolute atomic E-state index is 0.832. The summed E-state index contributed by atoms with van der Waals surface area (Å²) in [4.78, 5) is 0. The molecule has 0 saturated carbocycles. The molecule has 0 bridgehead atoms. The predicted molar refractivity (Wildman–Crippen MR) is 56.8 cm³/mol. The maximum atomic E-state index is 3.88. The first-order valence-corrected chi connectivity index (χ1v) is 11.7. The summed E-state index contributed by atoms with van der Waals surface area (Å²) in [6, 6.07) is 0. The van der Waals surface area contributed by atoms with Crippen LogP contribution in [0.4, 0.5) is 0 Å². The van der Waals surface area contributed by atoms with E-state index in [1.54, 1.807) is 0 Å². The van der Waals surface area contributed by atoms with E-state index in [1.165, 1.54) is 35.6 Å². The fraction of sp³-hybridized carbons (Fsp3) is 0.900. The van der Waals surface area contributed by atoms with Gasteiger partial charge in [-0.3, -0.25) is 0 Å². The van der Waals surface area contributed by atoms with Crippen molar-refractivity contribution in [3.63, 3.8) is 0 Å². The number of hydrogen-bond acceptors (Lipinski definition) is 0. The van der Waals surface area contributed by atoms with Crippen molar-refractivity contribution in [2.75, 3.05) is 0 Å². The molecular weight excluding hydrogens is 265 g/mol. The maximum absolute atomic E-state index is 3.88. The Morgan fingerprint density at radius 1 is 1.17 bits per heavy atom. The second kappa shape index (κ2) is 12.1. The molecular formula is C10H21BrZn. The normalized spacial score (nSPS) is 12.3. The third-order valence-electron chi connectivity index (χ3n) is 1.97. The van der Waals surface area contributed by atoms with Crippen molar-refractivity contribution in [1.29, 1.82) is 0 Å². The van der Waals surface area contributed by atoms with Crippen molar-refractivity contribution in [3.05, 3.63) is 6.92 Å². The van der Waals surface area contributed by atoms with Crippen LogP contribution in [0.15, 0.2) is 0 Å². The van der Waals surface area contributed by atoms with Crippen molar-refractivity contribution in [3.8, 4) is 0 Å². The van der Waals surface area contributed by atoms with E-state index in [0.717, 1.165) is 18.3 Å². The van der Waals surface area contributed by atoms with Gasteiger partial charge in [0.25, 0.3) is 0 Å². The summed E-state index contributed by atoms with van der Waals surface area (Å²) in [5, 5.41) is 0. The monoisotopic (exact) mass is 284 g/mol. The third-order valence-corrected chi connectivity index (χ3v) is 1.97. The summed E-state index contributed by atoms with van der Waals surface area (Å²) in [5.41, 5.74) is 0. The number of halogens is 1. The van der Waals surface area contributed by atoms with Crippen molar-refractivity contribution < 1.29 is 16.3 Å². The molecule has 0 nitrogen and oxygen atoms in total. The van der Waals surface area contributed by atoms with E-state index in [4.69, 9.17) is 0 Å². The van der Waals surface area contributed by atoms with Crippen molar-refractivity contribution in [2.45, 2.75) is 46.5 Å². The molecule has 70 valence electrons. The summed E-state index contributed by atoms with van der Waals surface area (Å²) < 4.78 is 0. The molecule has 0 aliphatic rings. The zero-order chi connectivity index (χ0) is 9.98. The quantitative estimate of drug-likeness (QED) is 0.515. The van der Waals surface area contributed by atoms with Crippen LogP contribution in [0, 0.1) is 18.8 Å². The van der Waals surface area contributed by atoms with E-state index in [-0.39, 0.29) is 0 Å². The number of rotatable bonds is 5. The van der Waals surface area contributed by atoms with E-state index < -0.39 is 0 Å². The molecule has 0 aliphatic heterocycles. The molecule has 0 aromatic rings. The van der Waals surface area contributed by atoms with Crippen LogP contribution in [0.1, 0.15) is 46.5 Å². The van der Waals surface area contributed by atoms with Gasteiger partial charge in [-0.2, -0.15) is 6.42 Å². The summed E-state index contributed by atoms with van der Waals surface area (Å²) in [7, 11) is 0. The Balaban J connectivity index is 0.